The number of amides is 1. The zero-order valence-corrected chi connectivity index (χ0v) is 15.0. The van der Waals surface area contributed by atoms with Gasteiger partial charge in [0.05, 0.1) is 11.6 Å². The zero-order valence-electron chi connectivity index (χ0n) is 12.6. The largest absolute Gasteiger partial charge is 0.350 e. The van der Waals surface area contributed by atoms with Gasteiger partial charge in [-0.1, -0.05) is 6.07 Å². The molecule has 0 radical (unpaired) electrons. The SMILES string of the molecule is O=C(NCC(c1cccs1)N1CCCC1)c1cc(F)ccc1Br. The van der Waals surface area contributed by atoms with Crippen molar-refractivity contribution in [3.8, 4) is 0 Å². The fraction of sp³-hybridized carbons (Fsp3) is 0.353. The number of hydrogen-bond donors (Lipinski definition) is 1. The first-order valence-corrected chi connectivity index (χ1v) is 9.33. The van der Waals surface area contributed by atoms with E-state index in [2.05, 4.69) is 37.6 Å². The minimum atomic E-state index is -0.410. The molecule has 0 bridgehead atoms. The zero-order chi connectivity index (χ0) is 16.2. The number of nitrogens with one attached hydrogen (secondary N) is 1. The second-order valence-electron chi connectivity index (χ2n) is 5.61. The number of benzene rings is 1. The molecule has 1 fully saturated rings. The molecular weight excluding hydrogens is 379 g/mol. The molecule has 0 aliphatic carbocycles. The fourth-order valence-corrected chi connectivity index (χ4v) is 4.19. The summed E-state index contributed by atoms with van der Waals surface area (Å²) in [6.07, 6.45) is 2.40. The van der Waals surface area contributed by atoms with Crippen LogP contribution in [-0.2, 0) is 0 Å². The van der Waals surface area contributed by atoms with E-state index in [1.54, 1.807) is 17.4 Å². The topological polar surface area (TPSA) is 32.3 Å². The molecule has 1 aliphatic heterocycles. The van der Waals surface area contributed by atoms with Crippen molar-refractivity contribution >= 4 is 33.2 Å². The minimum Gasteiger partial charge on any atom is -0.350 e. The highest BCUT2D eigenvalue weighted by atomic mass is 79.9. The van der Waals surface area contributed by atoms with E-state index in [0.717, 1.165) is 13.1 Å². The maximum absolute atomic E-state index is 13.4. The van der Waals surface area contributed by atoms with Crippen molar-refractivity contribution in [2.75, 3.05) is 19.6 Å². The van der Waals surface area contributed by atoms with E-state index < -0.39 is 5.82 Å². The summed E-state index contributed by atoms with van der Waals surface area (Å²) in [5.41, 5.74) is 0.330. The Labute approximate surface area is 147 Å². The number of thiophene rings is 1. The second-order valence-corrected chi connectivity index (χ2v) is 7.44. The van der Waals surface area contributed by atoms with Gasteiger partial charge in [0, 0.05) is 15.9 Å². The van der Waals surface area contributed by atoms with E-state index in [1.165, 1.54) is 29.9 Å². The first-order chi connectivity index (χ1) is 11.1. The Kier molecular flexibility index (Phi) is 5.46. The standard InChI is InChI=1S/C17H18BrFN2OS/c18-14-6-5-12(19)10-13(14)17(22)20-11-15(16-4-3-9-23-16)21-7-1-2-8-21/h3-6,9-10,15H,1-2,7-8,11H2,(H,20,22). The maximum Gasteiger partial charge on any atom is 0.252 e. The summed E-state index contributed by atoms with van der Waals surface area (Å²) >= 11 is 5.02. The Balaban J connectivity index is 1.71. The molecule has 0 saturated carbocycles. The fourth-order valence-electron chi connectivity index (χ4n) is 2.90. The van der Waals surface area contributed by atoms with E-state index >= 15 is 0 Å². The van der Waals surface area contributed by atoms with E-state index in [-0.39, 0.29) is 11.9 Å². The summed E-state index contributed by atoms with van der Waals surface area (Å²) in [7, 11) is 0. The first-order valence-electron chi connectivity index (χ1n) is 7.66. The van der Waals surface area contributed by atoms with Gasteiger partial charge in [0.1, 0.15) is 5.82 Å². The van der Waals surface area contributed by atoms with Crippen LogP contribution in [0.2, 0.25) is 0 Å². The molecule has 1 aliphatic rings. The van der Waals surface area contributed by atoms with E-state index in [9.17, 15) is 9.18 Å². The summed E-state index contributed by atoms with van der Waals surface area (Å²) in [6.45, 7) is 2.65. The van der Waals surface area contributed by atoms with Crippen LogP contribution in [0.25, 0.3) is 0 Å². The lowest BCUT2D eigenvalue weighted by atomic mass is 10.1. The second kappa shape index (κ2) is 7.55. The van der Waals surface area contributed by atoms with Gasteiger partial charge in [-0.15, -0.1) is 11.3 Å². The molecule has 1 unspecified atom stereocenters. The van der Waals surface area contributed by atoms with Crippen LogP contribution in [0, 0.1) is 5.82 Å². The van der Waals surface area contributed by atoms with Crippen LogP contribution in [0.15, 0.2) is 40.2 Å². The third kappa shape index (κ3) is 4.00. The third-order valence-corrected chi connectivity index (χ3v) is 5.75. The number of carbonyl (C=O) groups is 1. The van der Waals surface area contributed by atoms with Gasteiger partial charge in [-0.2, -0.15) is 0 Å². The van der Waals surface area contributed by atoms with Crippen molar-refractivity contribution in [2.45, 2.75) is 18.9 Å². The van der Waals surface area contributed by atoms with Gasteiger partial charge < -0.3 is 5.32 Å². The Morgan fingerprint density at radius 1 is 1.35 bits per heavy atom. The highest BCUT2D eigenvalue weighted by molar-refractivity contribution is 9.10. The molecule has 1 N–H and O–H groups in total. The number of halogens is 2. The van der Waals surface area contributed by atoms with Gasteiger partial charge in [0.2, 0.25) is 0 Å². The lowest BCUT2D eigenvalue weighted by Crippen LogP contribution is -2.36. The number of carbonyl (C=O) groups excluding carboxylic acids is 1. The number of nitrogens with zero attached hydrogens (tertiary/aromatic N) is 1. The van der Waals surface area contributed by atoms with Crippen LogP contribution in [0.3, 0.4) is 0 Å². The third-order valence-electron chi connectivity index (χ3n) is 4.08. The smallest absolute Gasteiger partial charge is 0.252 e. The lowest BCUT2D eigenvalue weighted by Gasteiger charge is -2.27. The van der Waals surface area contributed by atoms with Crippen molar-refractivity contribution in [1.29, 1.82) is 0 Å². The summed E-state index contributed by atoms with van der Waals surface area (Å²) in [6, 6.07) is 8.48. The summed E-state index contributed by atoms with van der Waals surface area (Å²) in [4.78, 5) is 16.0. The molecule has 1 aromatic carbocycles. The average molecular weight is 397 g/mol. The van der Waals surface area contributed by atoms with Crippen molar-refractivity contribution in [3.05, 3.63) is 56.4 Å². The summed E-state index contributed by atoms with van der Waals surface area (Å²) in [5, 5.41) is 5.02. The molecule has 0 spiro atoms. The Bertz CT molecular complexity index is 671. The Hall–Kier alpha value is -1.24. The monoisotopic (exact) mass is 396 g/mol. The predicted molar refractivity (Wildman–Crippen MR) is 94.3 cm³/mol. The first kappa shape index (κ1) is 16.6. The molecule has 1 saturated heterocycles. The number of rotatable bonds is 5. The van der Waals surface area contributed by atoms with Crippen LogP contribution in [0.4, 0.5) is 4.39 Å². The molecule has 6 heteroatoms. The minimum absolute atomic E-state index is 0.189. The normalized spacial score (nSPS) is 16.4. The number of hydrogen-bond acceptors (Lipinski definition) is 3. The Morgan fingerprint density at radius 3 is 2.83 bits per heavy atom. The van der Waals surface area contributed by atoms with Crippen LogP contribution in [0.5, 0.6) is 0 Å². The molecular formula is C17H18BrFN2OS. The highest BCUT2D eigenvalue weighted by Crippen LogP contribution is 2.28. The molecule has 122 valence electrons. The van der Waals surface area contributed by atoms with Gasteiger partial charge in [0.15, 0.2) is 0 Å². The lowest BCUT2D eigenvalue weighted by molar-refractivity contribution is 0.0937. The van der Waals surface area contributed by atoms with Gasteiger partial charge >= 0.3 is 0 Å². The molecule has 3 rings (SSSR count). The molecule has 1 aromatic heterocycles. The van der Waals surface area contributed by atoms with Gasteiger partial charge in [-0.05, 0) is 71.5 Å². The molecule has 23 heavy (non-hydrogen) atoms. The van der Waals surface area contributed by atoms with Crippen molar-refractivity contribution in [1.82, 2.24) is 10.2 Å². The predicted octanol–water partition coefficient (Wildman–Crippen LogP) is 4.22. The average Bonchev–Trinajstić information content (AvgIpc) is 3.23. The van der Waals surface area contributed by atoms with E-state index in [1.807, 2.05) is 6.07 Å². The van der Waals surface area contributed by atoms with Crippen molar-refractivity contribution in [3.63, 3.8) is 0 Å². The molecule has 2 heterocycles. The quantitative estimate of drug-likeness (QED) is 0.820. The van der Waals surface area contributed by atoms with E-state index in [4.69, 9.17) is 0 Å². The molecule has 3 nitrogen and oxygen atoms in total. The van der Waals surface area contributed by atoms with Crippen molar-refractivity contribution < 1.29 is 9.18 Å². The molecule has 1 atom stereocenters. The number of likely N-dealkylation sites (tertiary alicyclic amines) is 1. The van der Waals surface area contributed by atoms with Gasteiger partial charge in [-0.3, -0.25) is 9.69 Å². The van der Waals surface area contributed by atoms with Gasteiger partial charge in [0.25, 0.3) is 5.91 Å². The van der Waals surface area contributed by atoms with Crippen molar-refractivity contribution in [2.24, 2.45) is 0 Å². The van der Waals surface area contributed by atoms with Crippen LogP contribution >= 0.6 is 27.3 Å². The Morgan fingerprint density at radius 2 is 2.13 bits per heavy atom. The molecule has 1 amide bonds. The highest BCUT2D eigenvalue weighted by Gasteiger charge is 2.25. The van der Waals surface area contributed by atoms with E-state index in [0.29, 0.717) is 16.6 Å². The summed E-state index contributed by atoms with van der Waals surface area (Å²) < 4.78 is 14.0. The molecule has 2 aromatic rings. The van der Waals surface area contributed by atoms with Crippen LogP contribution in [-0.4, -0.2) is 30.4 Å². The van der Waals surface area contributed by atoms with Crippen LogP contribution < -0.4 is 5.32 Å². The summed E-state index contributed by atoms with van der Waals surface area (Å²) in [5.74, 6) is -0.662. The van der Waals surface area contributed by atoms with Gasteiger partial charge in [-0.25, -0.2) is 4.39 Å². The maximum atomic E-state index is 13.4. The van der Waals surface area contributed by atoms with Crippen LogP contribution in [0.1, 0.15) is 34.1 Å².